The molecule has 0 aliphatic carbocycles. The highest BCUT2D eigenvalue weighted by atomic mass is 16.6. The zero-order valence-electron chi connectivity index (χ0n) is 23.6. The molecule has 2 N–H and O–H groups in total. The number of carbonyl (C=O) groups excluding carboxylic acids is 2. The van der Waals surface area contributed by atoms with Crippen LogP contribution in [0.15, 0.2) is 49.1 Å². The number of aliphatic hydroxyl groups is 1. The predicted molar refractivity (Wildman–Crippen MR) is 155 cm³/mol. The number of pyridine rings is 3. The number of ether oxygens (including phenoxy) is 1. The molecule has 0 spiro atoms. The predicted octanol–water partition coefficient (Wildman–Crippen LogP) is 4.63. The summed E-state index contributed by atoms with van der Waals surface area (Å²) in [5.74, 6) is 0.0707. The highest BCUT2D eigenvalue weighted by molar-refractivity contribution is 6.12. The molecule has 4 aromatic heterocycles. The van der Waals surface area contributed by atoms with E-state index in [0.717, 1.165) is 46.6 Å². The molecule has 6 rings (SSSR count). The number of fused-ring (bicyclic) bond motifs is 2. The van der Waals surface area contributed by atoms with Crippen molar-refractivity contribution in [3.05, 3.63) is 60.2 Å². The fourth-order valence-electron chi connectivity index (χ4n) is 5.61. The summed E-state index contributed by atoms with van der Waals surface area (Å²) in [6.07, 6.45) is 8.28. The molecular weight excluding hydrogens is 522 g/mol. The third-order valence-corrected chi connectivity index (χ3v) is 7.52. The zero-order chi connectivity index (χ0) is 28.9. The number of carbonyl (C=O) groups is 2. The Kier molecular flexibility index (Phi) is 6.61. The minimum Gasteiger partial charge on any atom is -0.443 e. The third-order valence-electron chi connectivity index (χ3n) is 7.52. The molecule has 0 bridgehead atoms. The number of aliphatic hydroxyl groups excluding tert-OH is 1. The molecule has 6 heterocycles. The lowest BCUT2D eigenvalue weighted by molar-refractivity contribution is 0.0248. The van der Waals surface area contributed by atoms with Gasteiger partial charge in [-0.15, -0.1) is 0 Å². The second-order valence-electron chi connectivity index (χ2n) is 11.5. The van der Waals surface area contributed by atoms with Crippen molar-refractivity contribution in [1.29, 1.82) is 0 Å². The summed E-state index contributed by atoms with van der Waals surface area (Å²) in [4.78, 5) is 44.0. The van der Waals surface area contributed by atoms with Crippen LogP contribution >= 0.6 is 0 Å². The van der Waals surface area contributed by atoms with E-state index in [-0.39, 0.29) is 19.2 Å². The molecule has 11 heteroatoms. The van der Waals surface area contributed by atoms with Crippen molar-refractivity contribution in [1.82, 2.24) is 24.4 Å². The van der Waals surface area contributed by atoms with E-state index >= 15 is 0 Å². The van der Waals surface area contributed by atoms with E-state index in [1.165, 1.54) is 0 Å². The summed E-state index contributed by atoms with van der Waals surface area (Å²) in [7, 11) is 1.92. The van der Waals surface area contributed by atoms with E-state index in [1.54, 1.807) is 39.4 Å². The number of imide groups is 1. The quantitative estimate of drug-likeness (QED) is 0.363. The van der Waals surface area contributed by atoms with Crippen LogP contribution in [0.4, 0.5) is 22.0 Å². The smallest absolute Gasteiger partial charge is 0.417 e. The van der Waals surface area contributed by atoms with Gasteiger partial charge in [0.15, 0.2) is 0 Å². The average molecular weight is 556 g/mol. The van der Waals surface area contributed by atoms with Crippen molar-refractivity contribution < 1.29 is 19.4 Å². The maximum Gasteiger partial charge on any atom is 0.417 e. The lowest BCUT2D eigenvalue weighted by Crippen LogP contribution is -2.37. The number of rotatable bonds is 5. The first-order chi connectivity index (χ1) is 19.6. The van der Waals surface area contributed by atoms with E-state index in [0.29, 0.717) is 28.3 Å². The van der Waals surface area contributed by atoms with Gasteiger partial charge in [-0.1, -0.05) is 0 Å². The van der Waals surface area contributed by atoms with Crippen LogP contribution in [0.25, 0.3) is 22.3 Å². The van der Waals surface area contributed by atoms with Crippen LogP contribution in [-0.4, -0.2) is 66.3 Å². The van der Waals surface area contributed by atoms with E-state index in [1.807, 2.05) is 42.1 Å². The maximum atomic E-state index is 13.8. The molecule has 0 aromatic carbocycles. The molecule has 2 amide bonds. The SMILES string of the molecule is Cn1ccc2c(-c3ncc(Nc4ccc(N5CCC[C@H]5CO)cn4)c4c3CN(C(=O)OC(C)(C)C)C4=O)ccnc21. The van der Waals surface area contributed by atoms with Crippen molar-refractivity contribution in [3.63, 3.8) is 0 Å². The Labute approximate surface area is 237 Å². The molecule has 2 aliphatic rings. The minimum absolute atomic E-state index is 0.0292. The van der Waals surface area contributed by atoms with Crippen molar-refractivity contribution >= 4 is 40.2 Å². The number of nitrogens with zero attached hydrogens (tertiary/aromatic N) is 6. The Morgan fingerprint density at radius 2 is 1.98 bits per heavy atom. The minimum atomic E-state index is -0.758. The molecule has 0 saturated carbocycles. The van der Waals surface area contributed by atoms with Crippen molar-refractivity contribution in [2.45, 2.75) is 51.8 Å². The Hall–Kier alpha value is -4.51. The Bertz CT molecular complexity index is 1640. The fourth-order valence-corrected chi connectivity index (χ4v) is 5.61. The maximum absolute atomic E-state index is 13.8. The van der Waals surface area contributed by atoms with Gasteiger partial charge in [-0.2, -0.15) is 0 Å². The zero-order valence-corrected chi connectivity index (χ0v) is 23.6. The Morgan fingerprint density at radius 3 is 2.71 bits per heavy atom. The highest BCUT2D eigenvalue weighted by Gasteiger charge is 2.39. The summed E-state index contributed by atoms with van der Waals surface area (Å²) in [6.45, 7) is 6.30. The molecular formula is C30H33N7O4. The van der Waals surface area contributed by atoms with Crippen LogP contribution in [0.2, 0.25) is 0 Å². The summed E-state index contributed by atoms with van der Waals surface area (Å²) >= 11 is 0. The second-order valence-corrected chi connectivity index (χ2v) is 11.5. The largest absolute Gasteiger partial charge is 0.443 e. The standard InChI is InChI=1S/C30H33N7O4/c1-30(2,3)41-29(40)37-16-22-25(28(37)39)23(15-33-26(22)20-9-11-31-27-21(20)10-13-35(27)4)34-24-8-7-18(14-32-24)36-12-5-6-19(36)17-38/h7-11,13-15,19,38H,5-6,12,16-17H2,1-4H3,(H,32,34)/t19-/m0/s1. The first-order valence-electron chi connectivity index (χ1n) is 13.7. The van der Waals surface area contributed by atoms with Gasteiger partial charge in [-0.3, -0.25) is 9.78 Å². The summed E-state index contributed by atoms with van der Waals surface area (Å²) in [5, 5.41) is 13.8. The molecule has 1 saturated heterocycles. The van der Waals surface area contributed by atoms with Crippen LogP contribution in [-0.2, 0) is 18.3 Å². The lowest BCUT2D eigenvalue weighted by atomic mass is 10.0. The third kappa shape index (κ3) is 4.86. The first-order valence-corrected chi connectivity index (χ1v) is 13.7. The van der Waals surface area contributed by atoms with E-state index in [2.05, 4.69) is 20.2 Å². The highest BCUT2D eigenvalue weighted by Crippen LogP contribution is 2.39. The number of aryl methyl sites for hydroxylation is 1. The van der Waals surface area contributed by atoms with Gasteiger partial charge in [0.1, 0.15) is 17.1 Å². The van der Waals surface area contributed by atoms with Gasteiger partial charge in [0.2, 0.25) is 0 Å². The molecule has 4 aromatic rings. The molecule has 0 radical (unpaired) electrons. The van der Waals surface area contributed by atoms with Crippen LogP contribution in [0.5, 0.6) is 0 Å². The fraction of sp³-hybridized carbons (Fsp3) is 0.367. The Morgan fingerprint density at radius 1 is 1.15 bits per heavy atom. The van der Waals surface area contributed by atoms with Gasteiger partial charge < -0.3 is 24.6 Å². The second kappa shape index (κ2) is 10.2. The molecule has 212 valence electrons. The topological polar surface area (TPSA) is 126 Å². The van der Waals surface area contributed by atoms with Crippen molar-refractivity contribution in [3.8, 4) is 11.3 Å². The van der Waals surface area contributed by atoms with Crippen molar-refractivity contribution in [2.24, 2.45) is 7.05 Å². The summed E-state index contributed by atoms with van der Waals surface area (Å²) in [5.41, 5.74) is 3.83. The van der Waals surface area contributed by atoms with Crippen LogP contribution in [0.3, 0.4) is 0 Å². The van der Waals surface area contributed by atoms with Gasteiger partial charge in [0, 0.05) is 42.5 Å². The Balaban J connectivity index is 1.39. The van der Waals surface area contributed by atoms with E-state index < -0.39 is 17.6 Å². The average Bonchev–Trinajstić information content (AvgIpc) is 3.66. The normalized spacial score (nSPS) is 16.9. The number of hydrogen-bond donors (Lipinski definition) is 2. The first kappa shape index (κ1) is 26.7. The van der Waals surface area contributed by atoms with Gasteiger partial charge in [0.25, 0.3) is 5.91 Å². The molecule has 1 atom stereocenters. The molecule has 11 nitrogen and oxygen atoms in total. The number of hydrogen-bond acceptors (Lipinski definition) is 9. The number of anilines is 3. The number of aromatic nitrogens is 4. The summed E-state index contributed by atoms with van der Waals surface area (Å²) in [6, 6.07) is 7.72. The number of amides is 2. The van der Waals surface area contributed by atoms with Gasteiger partial charge in [-0.05, 0) is 57.9 Å². The number of nitrogens with one attached hydrogen (secondary N) is 1. The van der Waals surface area contributed by atoms with Crippen LogP contribution < -0.4 is 10.2 Å². The lowest BCUT2D eigenvalue weighted by Gasteiger charge is -2.25. The van der Waals surface area contributed by atoms with E-state index in [4.69, 9.17) is 9.72 Å². The molecule has 1 fully saturated rings. The van der Waals surface area contributed by atoms with Crippen LogP contribution in [0, 0.1) is 0 Å². The molecule has 0 unspecified atom stereocenters. The van der Waals surface area contributed by atoms with Crippen LogP contribution in [0.1, 0.15) is 49.5 Å². The van der Waals surface area contributed by atoms with Gasteiger partial charge in [-0.25, -0.2) is 19.7 Å². The van der Waals surface area contributed by atoms with Crippen molar-refractivity contribution in [2.75, 3.05) is 23.4 Å². The molecule has 41 heavy (non-hydrogen) atoms. The van der Waals surface area contributed by atoms with E-state index in [9.17, 15) is 14.7 Å². The van der Waals surface area contributed by atoms with Gasteiger partial charge >= 0.3 is 6.09 Å². The molecule has 2 aliphatic heterocycles. The van der Waals surface area contributed by atoms with Gasteiger partial charge in [0.05, 0.1) is 54.2 Å². The monoisotopic (exact) mass is 555 g/mol. The summed E-state index contributed by atoms with van der Waals surface area (Å²) < 4.78 is 7.48.